The van der Waals surface area contributed by atoms with Gasteiger partial charge in [-0.3, -0.25) is 4.79 Å². The summed E-state index contributed by atoms with van der Waals surface area (Å²) in [5.41, 5.74) is 0.361. The summed E-state index contributed by atoms with van der Waals surface area (Å²) in [6.07, 6.45) is 0.788. The molecule has 1 N–H and O–H groups in total. The average molecular weight is 279 g/mol. The minimum absolute atomic E-state index is 0.190. The Hall–Kier alpha value is -1.75. The van der Waals surface area contributed by atoms with Crippen molar-refractivity contribution in [2.45, 2.75) is 11.8 Å². The summed E-state index contributed by atoms with van der Waals surface area (Å²) < 4.78 is 15.5. The lowest BCUT2D eigenvalue weighted by Crippen LogP contribution is -2.27. The molecular formula is C15H21NO4. The highest BCUT2D eigenvalue weighted by Gasteiger charge is 2.61. The molecule has 2 rings (SSSR count). The van der Waals surface area contributed by atoms with Crippen LogP contribution in [0.1, 0.15) is 12.0 Å². The van der Waals surface area contributed by atoms with Gasteiger partial charge in [-0.1, -0.05) is 6.07 Å². The molecule has 0 amide bonds. The Balaban J connectivity index is 2.39. The van der Waals surface area contributed by atoms with Crippen LogP contribution in [0, 0.1) is 5.92 Å². The molecule has 1 aromatic rings. The molecule has 2 atom stereocenters. The average Bonchev–Trinajstić information content (AvgIpc) is 3.21. The fraction of sp³-hybridized carbons (Fsp3) is 0.533. The molecule has 0 radical (unpaired) electrons. The summed E-state index contributed by atoms with van der Waals surface area (Å²) in [5.74, 6) is 1.34. The van der Waals surface area contributed by atoms with Crippen molar-refractivity contribution in [1.29, 1.82) is 0 Å². The number of rotatable bonds is 6. The van der Waals surface area contributed by atoms with Gasteiger partial charge in [0.05, 0.1) is 26.7 Å². The lowest BCUT2D eigenvalue weighted by Gasteiger charge is -2.17. The monoisotopic (exact) mass is 279 g/mol. The van der Waals surface area contributed by atoms with E-state index in [9.17, 15) is 4.79 Å². The fourth-order valence-corrected chi connectivity index (χ4v) is 2.84. The molecule has 0 spiro atoms. The molecule has 1 fully saturated rings. The van der Waals surface area contributed by atoms with Crippen molar-refractivity contribution in [3.8, 4) is 11.5 Å². The van der Waals surface area contributed by atoms with E-state index in [-0.39, 0.29) is 11.9 Å². The Kier molecular flexibility index (Phi) is 4.18. The van der Waals surface area contributed by atoms with Crippen LogP contribution in [0.3, 0.4) is 0 Å². The Bertz CT molecular complexity index is 503. The summed E-state index contributed by atoms with van der Waals surface area (Å²) in [4.78, 5) is 12.2. The van der Waals surface area contributed by atoms with Crippen molar-refractivity contribution in [2.75, 3.05) is 34.9 Å². The lowest BCUT2D eigenvalue weighted by molar-refractivity contribution is -0.144. The normalized spacial score (nSPS) is 24.1. The van der Waals surface area contributed by atoms with Gasteiger partial charge < -0.3 is 19.5 Å². The maximum absolute atomic E-state index is 12.2. The van der Waals surface area contributed by atoms with Gasteiger partial charge in [0.1, 0.15) is 0 Å². The predicted octanol–water partition coefficient (Wildman–Crippen LogP) is 1.35. The summed E-state index contributed by atoms with van der Waals surface area (Å²) in [6.45, 7) is 0.781. The Labute approximate surface area is 119 Å². The van der Waals surface area contributed by atoms with E-state index >= 15 is 0 Å². The molecule has 0 aliphatic heterocycles. The Morgan fingerprint density at radius 3 is 2.55 bits per heavy atom. The van der Waals surface area contributed by atoms with Gasteiger partial charge in [-0.05, 0) is 43.6 Å². The third-order valence-corrected chi connectivity index (χ3v) is 4.00. The third kappa shape index (κ3) is 2.22. The van der Waals surface area contributed by atoms with Gasteiger partial charge in [0, 0.05) is 0 Å². The topological polar surface area (TPSA) is 56.8 Å². The molecule has 20 heavy (non-hydrogen) atoms. The van der Waals surface area contributed by atoms with Crippen LogP contribution >= 0.6 is 0 Å². The van der Waals surface area contributed by atoms with E-state index in [2.05, 4.69) is 5.32 Å². The lowest BCUT2D eigenvalue weighted by atomic mass is 9.92. The molecule has 1 saturated carbocycles. The minimum atomic E-state index is -0.558. The van der Waals surface area contributed by atoms with Crippen LogP contribution in [0.25, 0.3) is 0 Å². The molecule has 110 valence electrons. The molecule has 1 aliphatic carbocycles. The van der Waals surface area contributed by atoms with Crippen molar-refractivity contribution >= 4 is 5.97 Å². The first-order valence-electron chi connectivity index (χ1n) is 6.59. The second-order valence-electron chi connectivity index (χ2n) is 4.99. The van der Waals surface area contributed by atoms with E-state index in [4.69, 9.17) is 14.2 Å². The maximum atomic E-state index is 12.2. The number of carbonyl (C=O) groups is 1. The highest BCUT2D eigenvalue weighted by Crippen LogP contribution is 2.55. The van der Waals surface area contributed by atoms with Crippen molar-refractivity contribution < 1.29 is 19.0 Å². The molecule has 0 bridgehead atoms. The van der Waals surface area contributed by atoms with Crippen LogP contribution in [-0.2, 0) is 14.9 Å². The van der Waals surface area contributed by atoms with Crippen LogP contribution in [-0.4, -0.2) is 40.9 Å². The van der Waals surface area contributed by atoms with Crippen molar-refractivity contribution in [3.63, 3.8) is 0 Å². The van der Waals surface area contributed by atoms with Crippen molar-refractivity contribution in [2.24, 2.45) is 5.92 Å². The van der Waals surface area contributed by atoms with E-state index in [0.717, 1.165) is 18.5 Å². The molecule has 1 aliphatic rings. The molecule has 0 aromatic heterocycles. The number of hydrogen-bond donors (Lipinski definition) is 1. The van der Waals surface area contributed by atoms with Crippen LogP contribution in [0.15, 0.2) is 18.2 Å². The van der Waals surface area contributed by atoms with E-state index < -0.39 is 5.41 Å². The zero-order valence-electron chi connectivity index (χ0n) is 12.4. The van der Waals surface area contributed by atoms with Crippen LogP contribution in [0.5, 0.6) is 11.5 Å². The SMILES string of the molecule is CNC[C@@H]1C[C@]1(C(=O)OC)c1ccc(OC)c(OC)c1. The van der Waals surface area contributed by atoms with Gasteiger partial charge in [0.2, 0.25) is 0 Å². The first-order chi connectivity index (χ1) is 9.63. The molecule has 0 saturated heterocycles. The quantitative estimate of drug-likeness (QED) is 0.797. The number of carbonyl (C=O) groups excluding carboxylic acids is 1. The summed E-state index contributed by atoms with van der Waals surface area (Å²) in [5, 5.41) is 3.12. The molecule has 5 heteroatoms. The second-order valence-corrected chi connectivity index (χ2v) is 4.99. The molecule has 5 nitrogen and oxygen atoms in total. The largest absolute Gasteiger partial charge is 0.493 e. The number of ether oxygens (including phenoxy) is 3. The Morgan fingerprint density at radius 2 is 2.00 bits per heavy atom. The van der Waals surface area contributed by atoms with E-state index in [1.54, 1.807) is 14.2 Å². The number of hydrogen-bond acceptors (Lipinski definition) is 5. The zero-order valence-corrected chi connectivity index (χ0v) is 12.4. The standard InChI is InChI=1S/C15H21NO4/c1-16-9-11-8-15(11,14(17)20-4)10-5-6-12(18-2)13(7-10)19-3/h5-7,11,16H,8-9H2,1-4H3/t11-,15-/m0/s1. The van der Waals surface area contributed by atoms with E-state index in [1.807, 2.05) is 25.2 Å². The molecule has 0 heterocycles. The van der Waals surface area contributed by atoms with E-state index in [1.165, 1.54) is 7.11 Å². The van der Waals surface area contributed by atoms with Gasteiger partial charge in [-0.25, -0.2) is 0 Å². The maximum Gasteiger partial charge on any atom is 0.316 e. The summed E-state index contributed by atoms with van der Waals surface area (Å²) in [6, 6.07) is 5.60. The molecule has 1 aromatic carbocycles. The molecule has 0 unspecified atom stereocenters. The van der Waals surface area contributed by atoms with Crippen LogP contribution in [0.4, 0.5) is 0 Å². The van der Waals surface area contributed by atoms with Crippen LogP contribution < -0.4 is 14.8 Å². The van der Waals surface area contributed by atoms with Crippen molar-refractivity contribution in [3.05, 3.63) is 23.8 Å². The predicted molar refractivity (Wildman–Crippen MR) is 75.3 cm³/mol. The third-order valence-electron chi connectivity index (χ3n) is 4.00. The van der Waals surface area contributed by atoms with Gasteiger partial charge in [0.15, 0.2) is 11.5 Å². The smallest absolute Gasteiger partial charge is 0.316 e. The first kappa shape index (κ1) is 14.7. The number of esters is 1. The number of methoxy groups -OCH3 is 3. The van der Waals surface area contributed by atoms with Crippen LogP contribution in [0.2, 0.25) is 0 Å². The van der Waals surface area contributed by atoms with Gasteiger partial charge in [-0.2, -0.15) is 0 Å². The fourth-order valence-electron chi connectivity index (χ4n) is 2.84. The molecular weight excluding hydrogens is 258 g/mol. The number of nitrogens with one attached hydrogen (secondary N) is 1. The first-order valence-corrected chi connectivity index (χ1v) is 6.59. The van der Waals surface area contributed by atoms with Gasteiger partial charge in [-0.15, -0.1) is 0 Å². The zero-order chi connectivity index (χ0) is 14.8. The van der Waals surface area contributed by atoms with Gasteiger partial charge in [0.25, 0.3) is 0 Å². The second kappa shape index (κ2) is 5.71. The highest BCUT2D eigenvalue weighted by atomic mass is 16.5. The minimum Gasteiger partial charge on any atom is -0.493 e. The highest BCUT2D eigenvalue weighted by molar-refractivity contribution is 5.87. The van der Waals surface area contributed by atoms with E-state index in [0.29, 0.717) is 11.5 Å². The number of benzene rings is 1. The Morgan fingerprint density at radius 1 is 1.30 bits per heavy atom. The summed E-state index contributed by atoms with van der Waals surface area (Å²) >= 11 is 0. The van der Waals surface area contributed by atoms with Crippen molar-refractivity contribution in [1.82, 2.24) is 5.32 Å². The van der Waals surface area contributed by atoms with Gasteiger partial charge >= 0.3 is 5.97 Å². The summed E-state index contributed by atoms with van der Waals surface area (Å²) in [7, 11) is 6.49.